The molecule has 0 aliphatic rings. The Morgan fingerprint density at radius 3 is 0.705 bits per heavy atom. The fourth-order valence-electron chi connectivity index (χ4n) is 10.3. The first-order chi connectivity index (χ1) is 42.1. The largest absolute Gasteiger partial charge is 0.472 e. The Balaban J connectivity index is 5.26. The highest BCUT2D eigenvalue weighted by Gasteiger charge is 2.30. The van der Waals surface area contributed by atoms with Crippen LogP contribution in [0.4, 0.5) is 0 Å². The van der Waals surface area contributed by atoms with E-state index in [2.05, 4.69) is 55.4 Å². The highest BCUT2D eigenvalue weighted by atomic mass is 31.2. The molecule has 0 bridgehead atoms. The Morgan fingerprint density at radius 1 is 0.284 bits per heavy atom. The summed E-state index contributed by atoms with van der Waals surface area (Å²) in [5.41, 5.74) is 0. The molecule has 0 aromatic rings. The van der Waals surface area contributed by atoms with Crippen molar-refractivity contribution in [2.45, 2.75) is 356 Å². The van der Waals surface area contributed by atoms with Crippen LogP contribution >= 0.6 is 15.6 Å². The molecule has 0 rings (SSSR count). The van der Waals surface area contributed by atoms with Gasteiger partial charge >= 0.3 is 39.5 Å². The first-order valence-electron chi connectivity index (χ1n) is 35.7. The second kappa shape index (κ2) is 58.8. The van der Waals surface area contributed by atoms with Crippen LogP contribution in [-0.4, -0.2) is 96.7 Å². The molecule has 88 heavy (non-hydrogen) atoms. The van der Waals surface area contributed by atoms with Gasteiger partial charge in [0.15, 0.2) is 12.2 Å². The van der Waals surface area contributed by atoms with E-state index < -0.39 is 97.5 Å². The number of rotatable bonds is 66. The van der Waals surface area contributed by atoms with Gasteiger partial charge in [0, 0.05) is 25.7 Å². The predicted octanol–water partition coefficient (Wildman–Crippen LogP) is 19.3. The Labute approximate surface area is 537 Å². The molecule has 0 spiro atoms. The third-order valence-corrected chi connectivity index (χ3v) is 17.7. The topological polar surface area (TPSA) is 237 Å². The van der Waals surface area contributed by atoms with Crippen molar-refractivity contribution in [1.82, 2.24) is 0 Å². The smallest absolute Gasteiger partial charge is 0.462 e. The van der Waals surface area contributed by atoms with E-state index in [1.54, 1.807) is 0 Å². The average molecular weight is 1300 g/mol. The van der Waals surface area contributed by atoms with E-state index in [4.69, 9.17) is 37.0 Å². The summed E-state index contributed by atoms with van der Waals surface area (Å²) in [5.74, 6) is 0.811. The number of carbonyl (C=O) groups is 4. The number of hydrogen-bond acceptors (Lipinski definition) is 15. The number of esters is 4. The molecule has 0 aliphatic heterocycles. The van der Waals surface area contributed by atoms with Gasteiger partial charge in [-0.3, -0.25) is 37.3 Å². The minimum absolute atomic E-state index is 0.103. The quantitative estimate of drug-likeness (QED) is 0.0222. The number of phosphoric ester groups is 2. The van der Waals surface area contributed by atoms with Gasteiger partial charge in [-0.15, -0.1) is 0 Å². The van der Waals surface area contributed by atoms with Crippen molar-refractivity contribution >= 4 is 39.5 Å². The van der Waals surface area contributed by atoms with E-state index in [1.807, 2.05) is 0 Å². The van der Waals surface area contributed by atoms with Crippen LogP contribution in [0.15, 0.2) is 0 Å². The van der Waals surface area contributed by atoms with Crippen molar-refractivity contribution in [2.24, 2.45) is 23.7 Å². The molecule has 17 nitrogen and oxygen atoms in total. The van der Waals surface area contributed by atoms with Crippen LogP contribution in [0.5, 0.6) is 0 Å². The van der Waals surface area contributed by atoms with Gasteiger partial charge in [-0.25, -0.2) is 9.13 Å². The summed E-state index contributed by atoms with van der Waals surface area (Å²) in [6.45, 7) is 14.0. The molecule has 0 fully saturated rings. The van der Waals surface area contributed by atoms with E-state index >= 15 is 0 Å². The van der Waals surface area contributed by atoms with E-state index in [-0.39, 0.29) is 25.7 Å². The first-order valence-corrected chi connectivity index (χ1v) is 38.7. The summed E-state index contributed by atoms with van der Waals surface area (Å²) in [6.07, 6.45) is 40.4. The highest BCUT2D eigenvalue weighted by Crippen LogP contribution is 2.45. The number of carbonyl (C=O) groups excluding carboxylic acids is 4. The zero-order chi connectivity index (χ0) is 65.4. The van der Waals surface area contributed by atoms with Gasteiger partial charge in [0.2, 0.25) is 0 Å². The van der Waals surface area contributed by atoms with Crippen LogP contribution in [0.25, 0.3) is 0 Å². The van der Waals surface area contributed by atoms with Crippen molar-refractivity contribution in [3.63, 3.8) is 0 Å². The van der Waals surface area contributed by atoms with Gasteiger partial charge in [0.05, 0.1) is 26.4 Å². The molecule has 5 atom stereocenters. The Hall–Kier alpha value is -1.94. The van der Waals surface area contributed by atoms with Crippen LogP contribution < -0.4 is 0 Å². The summed E-state index contributed by atoms with van der Waals surface area (Å²) in [4.78, 5) is 72.5. The minimum Gasteiger partial charge on any atom is -0.462 e. The highest BCUT2D eigenvalue weighted by molar-refractivity contribution is 7.47. The maximum absolute atomic E-state index is 13.0. The predicted molar refractivity (Wildman–Crippen MR) is 354 cm³/mol. The van der Waals surface area contributed by atoms with Gasteiger partial charge in [-0.1, -0.05) is 287 Å². The number of aliphatic hydroxyl groups is 1. The molecule has 0 saturated carbocycles. The van der Waals surface area contributed by atoms with Crippen LogP contribution in [0, 0.1) is 23.7 Å². The molecular formula is C69H134O17P2. The lowest BCUT2D eigenvalue weighted by Crippen LogP contribution is -2.30. The third kappa shape index (κ3) is 62.8. The van der Waals surface area contributed by atoms with Gasteiger partial charge in [0.25, 0.3) is 0 Å². The SMILES string of the molecule is CC(C)CCCCCCCCCCCCCCC(=O)O[C@H](COC(=O)CCCCCCCCCCCC(C)C)COP(=O)(O)OCC(O)COP(=O)(O)OC[C@@H](COC(=O)CCCCCCCCCC(C)C)OC(=O)CCCCCCCCCCC(C)C. The van der Waals surface area contributed by atoms with Crippen LogP contribution in [0.3, 0.4) is 0 Å². The number of phosphoric acid groups is 2. The molecule has 0 heterocycles. The maximum Gasteiger partial charge on any atom is 0.472 e. The van der Waals surface area contributed by atoms with Crippen molar-refractivity contribution in [3.05, 3.63) is 0 Å². The van der Waals surface area contributed by atoms with E-state index in [9.17, 15) is 43.2 Å². The van der Waals surface area contributed by atoms with Crippen LogP contribution in [-0.2, 0) is 65.4 Å². The van der Waals surface area contributed by atoms with Crippen molar-refractivity contribution < 1.29 is 80.2 Å². The number of unbranched alkanes of at least 4 members (excludes halogenated alkanes) is 32. The lowest BCUT2D eigenvalue weighted by Gasteiger charge is -2.21. The first kappa shape index (κ1) is 86.1. The van der Waals surface area contributed by atoms with Crippen molar-refractivity contribution in [1.29, 1.82) is 0 Å². The Kier molecular flexibility index (Phi) is 57.6. The molecule has 0 amide bonds. The van der Waals surface area contributed by atoms with Crippen LogP contribution in [0.1, 0.15) is 338 Å². The average Bonchev–Trinajstić information content (AvgIpc) is 3.62. The molecule has 0 saturated heterocycles. The van der Waals surface area contributed by atoms with Gasteiger partial charge in [0.1, 0.15) is 19.3 Å². The molecule has 0 radical (unpaired) electrons. The summed E-state index contributed by atoms with van der Waals surface area (Å²) < 4.78 is 68.2. The van der Waals surface area contributed by atoms with E-state index in [1.165, 1.54) is 135 Å². The monoisotopic (exact) mass is 1300 g/mol. The second-order valence-electron chi connectivity index (χ2n) is 26.8. The molecule has 3 N–H and O–H groups in total. The normalized spacial score (nSPS) is 14.3. The molecule has 0 aromatic carbocycles. The number of ether oxygens (including phenoxy) is 4. The van der Waals surface area contributed by atoms with Gasteiger partial charge in [-0.05, 0) is 49.4 Å². The summed E-state index contributed by atoms with van der Waals surface area (Å²) >= 11 is 0. The van der Waals surface area contributed by atoms with Crippen LogP contribution in [0.2, 0.25) is 0 Å². The summed E-state index contributed by atoms with van der Waals surface area (Å²) in [7, 11) is -9.90. The molecule has 0 aromatic heterocycles. The standard InChI is InChI=1S/C69H134O17P2/c1-59(2)45-37-29-21-14-11-9-10-12-16-26-35-43-51-68(73)85-64(55-79-66(71)49-41-33-25-17-13-15-22-30-38-46-60(3)4)57-83-87(75,76)81-53-63(70)54-82-88(77,78)84-58-65(56-80-67(72)50-42-34-28-20-24-32-40-48-62(7)8)86-69(74)52-44-36-27-19-18-23-31-39-47-61(5)6/h59-65,70H,9-58H2,1-8H3,(H,75,76)(H,77,78)/t63?,64-,65-/m1/s1. The fourth-order valence-corrected chi connectivity index (χ4v) is 11.9. The summed E-state index contributed by atoms with van der Waals surface area (Å²) in [6, 6.07) is 0. The molecule has 19 heteroatoms. The van der Waals surface area contributed by atoms with E-state index in [0.29, 0.717) is 31.6 Å². The number of aliphatic hydroxyl groups excluding tert-OH is 1. The maximum atomic E-state index is 13.0. The summed E-state index contributed by atoms with van der Waals surface area (Å²) in [5, 5.41) is 10.6. The molecule has 522 valence electrons. The van der Waals surface area contributed by atoms with E-state index in [0.717, 1.165) is 114 Å². The van der Waals surface area contributed by atoms with Gasteiger partial charge < -0.3 is 33.8 Å². The Bertz CT molecular complexity index is 1750. The number of hydrogen-bond donors (Lipinski definition) is 3. The lowest BCUT2D eigenvalue weighted by molar-refractivity contribution is -0.161. The fraction of sp³-hybridized carbons (Fsp3) is 0.942. The molecular weight excluding hydrogens is 1160 g/mol. The second-order valence-corrected chi connectivity index (χ2v) is 29.7. The zero-order valence-corrected chi connectivity index (χ0v) is 59.1. The van der Waals surface area contributed by atoms with Gasteiger partial charge in [-0.2, -0.15) is 0 Å². The van der Waals surface area contributed by atoms with Crippen molar-refractivity contribution in [3.8, 4) is 0 Å². The molecule has 0 aliphatic carbocycles. The van der Waals surface area contributed by atoms with Crippen molar-refractivity contribution in [2.75, 3.05) is 39.6 Å². The minimum atomic E-state index is -4.95. The lowest BCUT2D eigenvalue weighted by atomic mass is 10.0. The third-order valence-electron chi connectivity index (χ3n) is 15.8. The Morgan fingerprint density at radius 2 is 0.477 bits per heavy atom. The molecule has 3 unspecified atom stereocenters. The zero-order valence-electron chi connectivity index (χ0n) is 57.3.